The fourth-order valence-corrected chi connectivity index (χ4v) is 3.87. The first-order valence-corrected chi connectivity index (χ1v) is 10.0. The Hall–Kier alpha value is -2.50. The minimum atomic E-state index is -0.494. The summed E-state index contributed by atoms with van der Waals surface area (Å²) < 4.78 is 7.82. The van der Waals surface area contributed by atoms with Gasteiger partial charge in [-0.15, -0.1) is 0 Å². The molecule has 2 amide bonds. The van der Waals surface area contributed by atoms with Crippen LogP contribution in [0.15, 0.2) is 30.3 Å². The maximum atomic E-state index is 12.5. The standard InChI is InChI=1S/C22H31N3O3/c1-22(2,3)28-21(27)24-12-7-9-17(15-24)19-14-16-8-5-6-10-18(16)25(19)13-11-20(26)23-4/h5-6,8,10,14,17H,7,9,11-13,15H2,1-4H3,(H,23,26). The summed E-state index contributed by atoms with van der Waals surface area (Å²) in [5.41, 5.74) is 1.83. The Morgan fingerprint density at radius 1 is 1.25 bits per heavy atom. The largest absolute Gasteiger partial charge is 0.444 e. The molecule has 1 fully saturated rings. The van der Waals surface area contributed by atoms with Crippen molar-refractivity contribution in [3.8, 4) is 0 Å². The van der Waals surface area contributed by atoms with Gasteiger partial charge in [0.25, 0.3) is 0 Å². The molecule has 1 N–H and O–H groups in total. The maximum Gasteiger partial charge on any atom is 0.410 e. The highest BCUT2D eigenvalue weighted by atomic mass is 16.6. The number of nitrogens with one attached hydrogen (secondary N) is 1. The highest BCUT2D eigenvalue weighted by molar-refractivity contribution is 5.82. The number of hydrogen-bond acceptors (Lipinski definition) is 3. The van der Waals surface area contributed by atoms with E-state index in [1.165, 1.54) is 11.1 Å². The highest BCUT2D eigenvalue weighted by Crippen LogP contribution is 2.32. The van der Waals surface area contributed by atoms with Gasteiger partial charge in [0, 0.05) is 50.2 Å². The molecule has 1 unspecified atom stereocenters. The third-order valence-electron chi connectivity index (χ3n) is 5.18. The molecule has 6 heteroatoms. The van der Waals surface area contributed by atoms with Crippen molar-refractivity contribution in [1.82, 2.24) is 14.8 Å². The average Bonchev–Trinajstić information content (AvgIpc) is 3.03. The summed E-state index contributed by atoms with van der Waals surface area (Å²) in [6, 6.07) is 10.5. The molecule has 0 radical (unpaired) electrons. The van der Waals surface area contributed by atoms with E-state index in [-0.39, 0.29) is 17.9 Å². The van der Waals surface area contributed by atoms with Gasteiger partial charge in [-0.25, -0.2) is 4.79 Å². The molecule has 0 bridgehead atoms. The smallest absolute Gasteiger partial charge is 0.410 e. The Balaban J connectivity index is 1.85. The number of para-hydroxylation sites is 1. The number of ether oxygens (including phenoxy) is 1. The molecule has 1 aliphatic rings. The van der Waals surface area contributed by atoms with E-state index in [1.54, 1.807) is 7.05 Å². The van der Waals surface area contributed by atoms with E-state index in [1.807, 2.05) is 37.8 Å². The van der Waals surface area contributed by atoms with Crippen LogP contribution in [0.3, 0.4) is 0 Å². The van der Waals surface area contributed by atoms with Crippen LogP contribution in [0.2, 0.25) is 0 Å². The van der Waals surface area contributed by atoms with Crippen LogP contribution in [0.25, 0.3) is 10.9 Å². The summed E-state index contributed by atoms with van der Waals surface area (Å²) in [5, 5.41) is 3.87. The number of carbonyl (C=O) groups excluding carboxylic acids is 2. The molecular formula is C22H31N3O3. The van der Waals surface area contributed by atoms with Crippen LogP contribution in [-0.2, 0) is 16.1 Å². The molecule has 152 valence electrons. The minimum Gasteiger partial charge on any atom is -0.444 e. The predicted octanol–water partition coefficient (Wildman–Crippen LogP) is 3.89. The molecule has 0 saturated carbocycles. The molecule has 1 saturated heterocycles. The summed E-state index contributed by atoms with van der Waals surface area (Å²) in [6.07, 6.45) is 2.16. The number of amides is 2. The van der Waals surface area contributed by atoms with Gasteiger partial charge in [0.1, 0.15) is 5.60 Å². The van der Waals surface area contributed by atoms with Gasteiger partial charge in [0.05, 0.1) is 0 Å². The molecular weight excluding hydrogens is 354 g/mol. The second-order valence-corrected chi connectivity index (χ2v) is 8.47. The van der Waals surface area contributed by atoms with E-state index in [4.69, 9.17) is 4.74 Å². The third kappa shape index (κ3) is 4.66. The quantitative estimate of drug-likeness (QED) is 0.868. The van der Waals surface area contributed by atoms with Crippen molar-refractivity contribution in [2.75, 3.05) is 20.1 Å². The summed E-state index contributed by atoms with van der Waals surface area (Å²) in [7, 11) is 1.66. The first-order valence-electron chi connectivity index (χ1n) is 10.0. The van der Waals surface area contributed by atoms with Crippen molar-refractivity contribution in [1.29, 1.82) is 0 Å². The van der Waals surface area contributed by atoms with Crippen LogP contribution in [0.1, 0.15) is 51.6 Å². The molecule has 2 heterocycles. The van der Waals surface area contributed by atoms with Crippen LogP contribution in [0, 0.1) is 0 Å². The Morgan fingerprint density at radius 2 is 2.00 bits per heavy atom. The number of likely N-dealkylation sites (tertiary alicyclic amines) is 1. The Bertz CT molecular complexity index is 850. The molecule has 3 rings (SSSR count). The number of carbonyl (C=O) groups is 2. The fraction of sp³-hybridized carbons (Fsp3) is 0.545. The van der Waals surface area contributed by atoms with E-state index < -0.39 is 5.60 Å². The minimum absolute atomic E-state index is 0.0303. The number of aryl methyl sites for hydroxylation is 1. The summed E-state index contributed by atoms with van der Waals surface area (Å²) in [5.74, 6) is 0.265. The molecule has 1 aliphatic heterocycles. The molecule has 0 aliphatic carbocycles. The Kier molecular flexibility index (Phi) is 5.96. The molecule has 0 spiro atoms. The van der Waals surface area contributed by atoms with Gasteiger partial charge < -0.3 is 19.5 Å². The van der Waals surface area contributed by atoms with E-state index in [9.17, 15) is 9.59 Å². The summed E-state index contributed by atoms with van der Waals surface area (Å²) in [4.78, 5) is 26.2. The lowest BCUT2D eigenvalue weighted by Gasteiger charge is -2.34. The number of benzene rings is 1. The number of fused-ring (bicyclic) bond motifs is 1. The van der Waals surface area contributed by atoms with Crippen LogP contribution in [-0.4, -0.2) is 47.2 Å². The van der Waals surface area contributed by atoms with Crippen molar-refractivity contribution >= 4 is 22.9 Å². The topological polar surface area (TPSA) is 63.6 Å². The number of piperidine rings is 1. The third-order valence-corrected chi connectivity index (χ3v) is 5.18. The lowest BCUT2D eigenvalue weighted by Crippen LogP contribution is -2.42. The number of nitrogens with zero attached hydrogens (tertiary/aromatic N) is 2. The van der Waals surface area contributed by atoms with Gasteiger partial charge >= 0.3 is 6.09 Å². The van der Waals surface area contributed by atoms with E-state index in [0.717, 1.165) is 24.9 Å². The van der Waals surface area contributed by atoms with Crippen molar-refractivity contribution < 1.29 is 14.3 Å². The van der Waals surface area contributed by atoms with Gasteiger partial charge in [0.2, 0.25) is 5.91 Å². The fourth-order valence-electron chi connectivity index (χ4n) is 3.87. The zero-order valence-electron chi connectivity index (χ0n) is 17.3. The monoisotopic (exact) mass is 385 g/mol. The molecule has 1 aromatic heterocycles. The second kappa shape index (κ2) is 8.25. The van der Waals surface area contributed by atoms with Gasteiger partial charge in [-0.05, 0) is 51.1 Å². The van der Waals surface area contributed by atoms with Gasteiger partial charge in [-0.3, -0.25) is 4.79 Å². The molecule has 6 nitrogen and oxygen atoms in total. The SMILES string of the molecule is CNC(=O)CCn1c(C2CCCN(C(=O)OC(C)(C)C)C2)cc2ccccc21. The van der Waals surface area contributed by atoms with Crippen molar-refractivity contribution in [3.05, 3.63) is 36.0 Å². The zero-order valence-corrected chi connectivity index (χ0v) is 17.3. The lowest BCUT2D eigenvalue weighted by atomic mass is 9.94. The van der Waals surface area contributed by atoms with Crippen LogP contribution >= 0.6 is 0 Å². The average molecular weight is 386 g/mol. The van der Waals surface area contributed by atoms with Crippen LogP contribution in [0.5, 0.6) is 0 Å². The van der Waals surface area contributed by atoms with Crippen LogP contribution < -0.4 is 5.32 Å². The number of hydrogen-bond donors (Lipinski definition) is 1. The van der Waals surface area contributed by atoms with Crippen molar-refractivity contribution in [3.63, 3.8) is 0 Å². The number of aromatic nitrogens is 1. The maximum absolute atomic E-state index is 12.5. The van der Waals surface area contributed by atoms with Crippen LogP contribution in [0.4, 0.5) is 4.79 Å². The molecule has 2 aromatic rings. The van der Waals surface area contributed by atoms with E-state index >= 15 is 0 Å². The summed E-state index contributed by atoms with van der Waals surface area (Å²) in [6.45, 7) is 7.68. The predicted molar refractivity (Wildman–Crippen MR) is 110 cm³/mol. The normalized spacial score (nSPS) is 17.6. The second-order valence-electron chi connectivity index (χ2n) is 8.47. The van der Waals surface area contributed by atoms with Gasteiger partial charge in [-0.1, -0.05) is 18.2 Å². The van der Waals surface area contributed by atoms with Crippen molar-refractivity contribution in [2.24, 2.45) is 0 Å². The van der Waals surface area contributed by atoms with Crippen molar-refractivity contribution in [2.45, 2.75) is 58.1 Å². The van der Waals surface area contributed by atoms with E-state index in [0.29, 0.717) is 19.5 Å². The lowest BCUT2D eigenvalue weighted by molar-refractivity contribution is -0.120. The molecule has 28 heavy (non-hydrogen) atoms. The van der Waals surface area contributed by atoms with Gasteiger partial charge in [-0.2, -0.15) is 0 Å². The number of rotatable bonds is 4. The van der Waals surface area contributed by atoms with E-state index in [2.05, 4.69) is 28.1 Å². The first kappa shape index (κ1) is 20.2. The van der Waals surface area contributed by atoms with Gasteiger partial charge in [0.15, 0.2) is 0 Å². The molecule has 1 aromatic carbocycles. The Labute approximate surface area is 166 Å². The highest BCUT2D eigenvalue weighted by Gasteiger charge is 2.30. The first-order chi connectivity index (χ1) is 13.3. The summed E-state index contributed by atoms with van der Waals surface area (Å²) >= 11 is 0. The zero-order chi connectivity index (χ0) is 20.3. The Morgan fingerprint density at radius 3 is 2.71 bits per heavy atom. The molecule has 1 atom stereocenters.